The largest absolute Gasteiger partial charge is 0.454 e. The number of nitrogens with zero attached hydrogens (tertiary/aromatic N) is 1. The second kappa shape index (κ2) is 7.02. The SMILES string of the molecule is CCCC(=NNC(=O)c1ccc2c(c1)OCO2)c1ccc(Cl)s1. The van der Waals surface area contributed by atoms with Crippen molar-refractivity contribution in [2.24, 2.45) is 5.10 Å². The highest BCUT2D eigenvalue weighted by atomic mass is 35.5. The zero-order valence-electron chi connectivity index (χ0n) is 12.5. The van der Waals surface area contributed by atoms with Crippen LogP contribution in [0.4, 0.5) is 0 Å². The van der Waals surface area contributed by atoms with Crippen LogP contribution in [0.1, 0.15) is 35.0 Å². The van der Waals surface area contributed by atoms with Crippen molar-refractivity contribution in [1.82, 2.24) is 5.43 Å². The van der Waals surface area contributed by atoms with Gasteiger partial charge in [-0.15, -0.1) is 11.3 Å². The van der Waals surface area contributed by atoms with E-state index in [1.54, 1.807) is 18.2 Å². The number of hydrogen-bond donors (Lipinski definition) is 1. The van der Waals surface area contributed by atoms with E-state index in [0.29, 0.717) is 21.4 Å². The van der Waals surface area contributed by atoms with Crippen molar-refractivity contribution >= 4 is 34.6 Å². The van der Waals surface area contributed by atoms with Crippen LogP contribution in [0.3, 0.4) is 0 Å². The van der Waals surface area contributed by atoms with Gasteiger partial charge >= 0.3 is 0 Å². The molecule has 0 spiro atoms. The van der Waals surface area contributed by atoms with E-state index >= 15 is 0 Å². The first-order chi connectivity index (χ1) is 11.2. The minimum Gasteiger partial charge on any atom is -0.454 e. The average molecular weight is 351 g/mol. The predicted molar refractivity (Wildman–Crippen MR) is 90.8 cm³/mol. The smallest absolute Gasteiger partial charge is 0.271 e. The standard InChI is InChI=1S/C16H15ClN2O3S/c1-2-3-11(14-6-7-15(17)23-14)18-19-16(20)10-4-5-12-13(8-10)22-9-21-12/h4-8H,2-3,9H2,1H3,(H,19,20). The lowest BCUT2D eigenvalue weighted by atomic mass is 10.2. The Hall–Kier alpha value is -2.05. The van der Waals surface area contributed by atoms with E-state index in [4.69, 9.17) is 21.1 Å². The van der Waals surface area contributed by atoms with E-state index < -0.39 is 0 Å². The number of hydrazone groups is 1. The second-order valence-electron chi connectivity index (χ2n) is 4.92. The molecule has 7 heteroatoms. The Kier molecular flexibility index (Phi) is 4.83. The minimum absolute atomic E-state index is 0.179. The Bertz CT molecular complexity index is 758. The summed E-state index contributed by atoms with van der Waals surface area (Å²) in [5, 5.41) is 4.26. The van der Waals surface area contributed by atoms with Gasteiger partial charge in [0, 0.05) is 5.56 Å². The van der Waals surface area contributed by atoms with Crippen LogP contribution in [-0.4, -0.2) is 18.4 Å². The van der Waals surface area contributed by atoms with Crippen LogP contribution in [0, 0.1) is 0 Å². The summed E-state index contributed by atoms with van der Waals surface area (Å²) in [6.45, 7) is 2.24. The van der Waals surface area contributed by atoms with Gasteiger partial charge in [-0.2, -0.15) is 5.10 Å². The van der Waals surface area contributed by atoms with Gasteiger partial charge in [-0.1, -0.05) is 24.9 Å². The molecule has 0 bridgehead atoms. The molecule has 1 N–H and O–H groups in total. The number of nitrogens with one attached hydrogen (secondary N) is 1. The molecule has 0 saturated heterocycles. The van der Waals surface area contributed by atoms with Gasteiger partial charge in [0.15, 0.2) is 11.5 Å². The lowest BCUT2D eigenvalue weighted by Gasteiger charge is -2.05. The molecule has 0 saturated carbocycles. The van der Waals surface area contributed by atoms with Gasteiger partial charge in [0.05, 0.1) is 14.9 Å². The third-order valence-corrected chi connectivity index (χ3v) is 4.55. The second-order valence-corrected chi connectivity index (χ2v) is 6.64. The van der Waals surface area contributed by atoms with Crippen molar-refractivity contribution in [3.63, 3.8) is 0 Å². The van der Waals surface area contributed by atoms with Crippen LogP contribution in [0.2, 0.25) is 4.34 Å². The van der Waals surface area contributed by atoms with Crippen molar-refractivity contribution in [3.8, 4) is 11.5 Å². The van der Waals surface area contributed by atoms with Gasteiger partial charge in [-0.05, 0) is 36.8 Å². The summed E-state index contributed by atoms with van der Waals surface area (Å²) in [6, 6.07) is 8.78. The molecule has 1 aromatic carbocycles. The van der Waals surface area contributed by atoms with Crippen LogP contribution in [0.5, 0.6) is 11.5 Å². The number of rotatable bonds is 5. The van der Waals surface area contributed by atoms with Gasteiger partial charge < -0.3 is 9.47 Å². The Morgan fingerprint density at radius 1 is 1.30 bits per heavy atom. The number of ether oxygens (including phenoxy) is 2. The molecule has 2 aromatic rings. The molecule has 5 nitrogen and oxygen atoms in total. The third kappa shape index (κ3) is 3.65. The van der Waals surface area contributed by atoms with Crippen LogP contribution in [0.25, 0.3) is 0 Å². The van der Waals surface area contributed by atoms with Gasteiger partial charge in [0.25, 0.3) is 5.91 Å². The Labute approximate surface area is 142 Å². The fraction of sp³-hybridized carbons (Fsp3) is 0.250. The quantitative estimate of drug-likeness (QED) is 0.653. The van der Waals surface area contributed by atoms with Crippen molar-refractivity contribution in [2.75, 3.05) is 6.79 Å². The Balaban J connectivity index is 1.75. The summed E-state index contributed by atoms with van der Waals surface area (Å²) in [5.41, 5.74) is 3.89. The molecular weight excluding hydrogens is 336 g/mol. The number of benzene rings is 1. The molecule has 0 atom stereocenters. The molecule has 0 fully saturated rings. The molecule has 0 radical (unpaired) electrons. The first kappa shape index (κ1) is 15.8. The molecule has 1 aliphatic rings. The number of halogens is 1. The van der Waals surface area contributed by atoms with Crippen molar-refractivity contribution in [2.45, 2.75) is 19.8 Å². The molecule has 2 heterocycles. The third-order valence-electron chi connectivity index (χ3n) is 3.27. The van der Waals surface area contributed by atoms with Crippen LogP contribution in [-0.2, 0) is 0 Å². The minimum atomic E-state index is -0.292. The maximum atomic E-state index is 12.3. The van der Waals surface area contributed by atoms with Crippen molar-refractivity contribution in [1.29, 1.82) is 0 Å². The van der Waals surface area contributed by atoms with Crippen LogP contribution in [0.15, 0.2) is 35.4 Å². The number of carbonyl (C=O) groups excluding carboxylic acids is 1. The van der Waals surface area contributed by atoms with Gasteiger partial charge in [-0.25, -0.2) is 5.43 Å². The van der Waals surface area contributed by atoms with E-state index in [2.05, 4.69) is 17.5 Å². The maximum absolute atomic E-state index is 12.3. The van der Waals surface area contributed by atoms with Crippen LogP contribution < -0.4 is 14.9 Å². The number of carbonyl (C=O) groups is 1. The fourth-order valence-corrected chi connectivity index (χ4v) is 3.22. The average Bonchev–Trinajstić information content (AvgIpc) is 3.18. The lowest BCUT2D eigenvalue weighted by Crippen LogP contribution is -2.19. The van der Waals surface area contributed by atoms with E-state index in [-0.39, 0.29) is 12.7 Å². The maximum Gasteiger partial charge on any atom is 0.271 e. The molecule has 3 rings (SSSR count). The number of fused-ring (bicyclic) bond motifs is 1. The topological polar surface area (TPSA) is 59.9 Å². The molecule has 0 unspecified atom stereocenters. The summed E-state index contributed by atoms with van der Waals surface area (Å²) in [4.78, 5) is 13.2. The lowest BCUT2D eigenvalue weighted by molar-refractivity contribution is 0.0954. The first-order valence-corrected chi connectivity index (χ1v) is 8.39. The summed E-state index contributed by atoms with van der Waals surface area (Å²) in [5.74, 6) is 0.921. The summed E-state index contributed by atoms with van der Waals surface area (Å²) in [7, 11) is 0. The molecule has 0 aliphatic carbocycles. The zero-order chi connectivity index (χ0) is 16.2. The van der Waals surface area contributed by atoms with Gasteiger partial charge in [-0.3, -0.25) is 4.79 Å². The van der Waals surface area contributed by atoms with Crippen molar-refractivity contribution in [3.05, 3.63) is 45.1 Å². The molecule has 120 valence electrons. The monoisotopic (exact) mass is 350 g/mol. The molecule has 1 aromatic heterocycles. The first-order valence-electron chi connectivity index (χ1n) is 7.19. The van der Waals surface area contributed by atoms with Gasteiger partial charge in [0.2, 0.25) is 6.79 Å². The number of amides is 1. The summed E-state index contributed by atoms with van der Waals surface area (Å²) >= 11 is 7.41. The van der Waals surface area contributed by atoms with Gasteiger partial charge in [0.1, 0.15) is 0 Å². The molecule has 1 aliphatic heterocycles. The molecular formula is C16H15ClN2O3S. The number of thiophene rings is 1. The number of hydrogen-bond acceptors (Lipinski definition) is 5. The highest BCUT2D eigenvalue weighted by Crippen LogP contribution is 2.32. The van der Waals surface area contributed by atoms with Crippen LogP contribution >= 0.6 is 22.9 Å². The fourth-order valence-electron chi connectivity index (χ4n) is 2.16. The van der Waals surface area contributed by atoms with E-state index in [1.165, 1.54) is 11.3 Å². The van der Waals surface area contributed by atoms with E-state index in [9.17, 15) is 4.79 Å². The summed E-state index contributed by atoms with van der Waals surface area (Å²) in [6.07, 6.45) is 1.69. The molecule has 1 amide bonds. The molecule has 23 heavy (non-hydrogen) atoms. The van der Waals surface area contributed by atoms with Crippen molar-refractivity contribution < 1.29 is 14.3 Å². The predicted octanol–water partition coefficient (Wildman–Crippen LogP) is 4.06. The highest BCUT2D eigenvalue weighted by Gasteiger charge is 2.16. The van der Waals surface area contributed by atoms with E-state index in [0.717, 1.165) is 23.4 Å². The Morgan fingerprint density at radius 3 is 2.87 bits per heavy atom. The normalized spacial score (nSPS) is 13.2. The zero-order valence-corrected chi connectivity index (χ0v) is 14.0. The highest BCUT2D eigenvalue weighted by molar-refractivity contribution is 7.18. The Morgan fingerprint density at radius 2 is 2.13 bits per heavy atom. The summed E-state index contributed by atoms with van der Waals surface area (Å²) < 4.78 is 11.2. The van der Waals surface area contributed by atoms with E-state index in [1.807, 2.05) is 12.1 Å².